The molecule has 1 saturated carbocycles. The van der Waals surface area contributed by atoms with E-state index in [2.05, 4.69) is 10.3 Å². The molecule has 0 aliphatic heterocycles. The maximum Gasteiger partial charge on any atom is 0.246 e. The Hall–Kier alpha value is -1.14. The SMILES string of the molecule is CNc1ncccc1S(=O)(=O)N(C)C(C)C1CC1. The van der Waals surface area contributed by atoms with E-state index in [1.807, 2.05) is 6.92 Å². The Morgan fingerprint density at radius 3 is 2.72 bits per heavy atom. The molecule has 1 fully saturated rings. The number of hydrogen-bond donors (Lipinski definition) is 1. The first-order chi connectivity index (χ1) is 8.48. The zero-order valence-electron chi connectivity index (χ0n) is 10.9. The van der Waals surface area contributed by atoms with E-state index >= 15 is 0 Å². The minimum absolute atomic E-state index is 0.0416. The van der Waals surface area contributed by atoms with Crippen molar-refractivity contribution in [2.45, 2.75) is 30.7 Å². The van der Waals surface area contributed by atoms with Crippen LogP contribution in [0.3, 0.4) is 0 Å². The Bertz CT molecular complexity index is 526. The molecule has 0 aromatic carbocycles. The van der Waals surface area contributed by atoms with E-state index in [1.54, 1.807) is 32.4 Å². The van der Waals surface area contributed by atoms with Crippen LogP contribution < -0.4 is 5.32 Å². The molecule has 0 spiro atoms. The summed E-state index contributed by atoms with van der Waals surface area (Å²) in [5, 5.41) is 2.82. The fourth-order valence-electron chi connectivity index (χ4n) is 2.04. The van der Waals surface area contributed by atoms with Gasteiger partial charge >= 0.3 is 0 Å². The first-order valence-electron chi connectivity index (χ1n) is 6.09. The van der Waals surface area contributed by atoms with Gasteiger partial charge in [-0.2, -0.15) is 4.31 Å². The van der Waals surface area contributed by atoms with E-state index in [-0.39, 0.29) is 10.9 Å². The molecule has 0 saturated heterocycles. The van der Waals surface area contributed by atoms with Gasteiger partial charge in [-0.15, -0.1) is 0 Å². The second-order valence-electron chi connectivity index (χ2n) is 4.70. The summed E-state index contributed by atoms with van der Waals surface area (Å²) in [7, 11) is -0.162. The van der Waals surface area contributed by atoms with E-state index < -0.39 is 10.0 Å². The molecule has 18 heavy (non-hydrogen) atoms. The highest BCUT2D eigenvalue weighted by molar-refractivity contribution is 7.89. The minimum atomic E-state index is -3.48. The lowest BCUT2D eigenvalue weighted by Crippen LogP contribution is -2.36. The number of pyridine rings is 1. The molecule has 1 atom stereocenters. The van der Waals surface area contributed by atoms with Crippen LogP contribution in [-0.4, -0.2) is 37.8 Å². The van der Waals surface area contributed by atoms with Gasteiger partial charge in [-0.05, 0) is 37.8 Å². The number of nitrogens with one attached hydrogen (secondary N) is 1. The first kappa shape index (κ1) is 13.3. The molecule has 1 aromatic heterocycles. The predicted octanol–water partition coefficient (Wildman–Crippen LogP) is 1.54. The Morgan fingerprint density at radius 2 is 2.17 bits per heavy atom. The fraction of sp³-hybridized carbons (Fsp3) is 0.583. The van der Waals surface area contributed by atoms with Gasteiger partial charge in [-0.3, -0.25) is 0 Å². The standard InChI is InChI=1S/C12H19N3O2S/c1-9(10-6-7-10)15(3)18(16,17)11-5-4-8-14-12(11)13-2/h4-5,8-10H,6-7H2,1-3H3,(H,13,14). The number of anilines is 1. The van der Waals surface area contributed by atoms with Gasteiger partial charge in [-0.25, -0.2) is 13.4 Å². The van der Waals surface area contributed by atoms with Crippen molar-refractivity contribution >= 4 is 15.8 Å². The van der Waals surface area contributed by atoms with Gasteiger partial charge < -0.3 is 5.32 Å². The molecule has 0 bridgehead atoms. The lowest BCUT2D eigenvalue weighted by atomic mass is 10.2. The maximum atomic E-state index is 12.5. The average molecular weight is 269 g/mol. The Morgan fingerprint density at radius 1 is 1.50 bits per heavy atom. The van der Waals surface area contributed by atoms with Crippen molar-refractivity contribution in [3.63, 3.8) is 0 Å². The van der Waals surface area contributed by atoms with Crippen molar-refractivity contribution in [2.24, 2.45) is 5.92 Å². The van der Waals surface area contributed by atoms with Gasteiger partial charge in [-0.1, -0.05) is 0 Å². The van der Waals surface area contributed by atoms with Crippen molar-refractivity contribution in [3.8, 4) is 0 Å². The molecular formula is C12H19N3O2S. The molecule has 5 nitrogen and oxygen atoms in total. The van der Waals surface area contributed by atoms with Crippen LogP contribution in [0.2, 0.25) is 0 Å². The summed E-state index contributed by atoms with van der Waals surface area (Å²) in [5.74, 6) is 0.895. The van der Waals surface area contributed by atoms with Crippen LogP contribution in [0.5, 0.6) is 0 Å². The number of hydrogen-bond acceptors (Lipinski definition) is 4. The van der Waals surface area contributed by atoms with Crippen LogP contribution >= 0.6 is 0 Å². The lowest BCUT2D eigenvalue weighted by Gasteiger charge is -2.24. The van der Waals surface area contributed by atoms with Crippen LogP contribution in [0.25, 0.3) is 0 Å². The highest BCUT2D eigenvalue weighted by Gasteiger charge is 2.36. The summed E-state index contributed by atoms with van der Waals surface area (Å²) in [6.07, 6.45) is 3.81. The predicted molar refractivity (Wildman–Crippen MR) is 70.9 cm³/mol. The summed E-state index contributed by atoms with van der Waals surface area (Å²) in [5.41, 5.74) is 0. The molecule has 1 unspecified atom stereocenters. The van der Waals surface area contributed by atoms with E-state index in [4.69, 9.17) is 0 Å². The van der Waals surface area contributed by atoms with Gasteiger partial charge in [0, 0.05) is 26.3 Å². The van der Waals surface area contributed by atoms with Crippen molar-refractivity contribution in [2.75, 3.05) is 19.4 Å². The van der Waals surface area contributed by atoms with Gasteiger partial charge in [0.15, 0.2) is 0 Å². The van der Waals surface area contributed by atoms with E-state index in [9.17, 15) is 8.42 Å². The summed E-state index contributed by atoms with van der Waals surface area (Å²) >= 11 is 0. The smallest absolute Gasteiger partial charge is 0.246 e. The van der Waals surface area contributed by atoms with Crippen LogP contribution in [0.1, 0.15) is 19.8 Å². The largest absolute Gasteiger partial charge is 0.372 e. The summed E-state index contributed by atoms with van der Waals surface area (Å²) in [4.78, 5) is 4.29. The van der Waals surface area contributed by atoms with Crippen LogP contribution in [0.15, 0.2) is 23.2 Å². The number of aromatic nitrogens is 1. The molecule has 1 aliphatic carbocycles. The molecule has 1 aliphatic rings. The van der Waals surface area contributed by atoms with Crippen LogP contribution in [0, 0.1) is 5.92 Å². The second kappa shape index (κ2) is 4.85. The van der Waals surface area contributed by atoms with E-state index in [0.29, 0.717) is 11.7 Å². The lowest BCUT2D eigenvalue weighted by molar-refractivity contribution is 0.357. The van der Waals surface area contributed by atoms with E-state index in [1.165, 1.54) is 4.31 Å². The average Bonchev–Trinajstić information content (AvgIpc) is 3.21. The number of nitrogens with zero attached hydrogens (tertiary/aromatic N) is 2. The van der Waals surface area contributed by atoms with Gasteiger partial charge in [0.05, 0.1) is 0 Å². The van der Waals surface area contributed by atoms with Crippen molar-refractivity contribution < 1.29 is 8.42 Å². The second-order valence-corrected chi connectivity index (χ2v) is 6.67. The van der Waals surface area contributed by atoms with Crippen molar-refractivity contribution in [1.82, 2.24) is 9.29 Å². The molecule has 1 N–H and O–H groups in total. The van der Waals surface area contributed by atoms with E-state index in [0.717, 1.165) is 12.8 Å². The molecule has 6 heteroatoms. The molecule has 2 rings (SSSR count). The summed E-state index contributed by atoms with van der Waals surface area (Å²) < 4.78 is 26.5. The maximum absolute atomic E-state index is 12.5. The monoisotopic (exact) mass is 269 g/mol. The third-order valence-electron chi connectivity index (χ3n) is 3.54. The molecule has 100 valence electrons. The topological polar surface area (TPSA) is 62.3 Å². The zero-order chi connectivity index (χ0) is 13.3. The van der Waals surface area contributed by atoms with Crippen LogP contribution in [0.4, 0.5) is 5.82 Å². The normalized spacial score (nSPS) is 17.8. The summed E-state index contributed by atoms with van der Waals surface area (Å²) in [6.45, 7) is 1.96. The van der Waals surface area contributed by atoms with Crippen molar-refractivity contribution in [1.29, 1.82) is 0 Å². The molecule has 1 aromatic rings. The number of sulfonamides is 1. The number of rotatable bonds is 5. The van der Waals surface area contributed by atoms with Crippen molar-refractivity contribution in [3.05, 3.63) is 18.3 Å². The summed E-state index contributed by atoms with van der Waals surface area (Å²) in [6, 6.07) is 3.27. The van der Waals surface area contributed by atoms with Gasteiger partial charge in [0.2, 0.25) is 10.0 Å². The molecule has 0 radical (unpaired) electrons. The van der Waals surface area contributed by atoms with Gasteiger partial charge in [0.1, 0.15) is 10.7 Å². The highest BCUT2D eigenvalue weighted by Crippen LogP contribution is 2.36. The Kier molecular flexibility index (Phi) is 3.59. The molecule has 1 heterocycles. The molecular weight excluding hydrogens is 250 g/mol. The molecule has 0 amide bonds. The third kappa shape index (κ3) is 2.35. The van der Waals surface area contributed by atoms with Gasteiger partial charge in [0.25, 0.3) is 0 Å². The fourth-order valence-corrected chi connectivity index (χ4v) is 3.61. The van der Waals surface area contributed by atoms with Crippen LogP contribution in [-0.2, 0) is 10.0 Å². The quantitative estimate of drug-likeness (QED) is 0.881. The third-order valence-corrected chi connectivity index (χ3v) is 5.52. The first-order valence-corrected chi connectivity index (χ1v) is 7.53. The highest BCUT2D eigenvalue weighted by atomic mass is 32.2. The Labute approximate surface area is 108 Å². The minimum Gasteiger partial charge on any atom is -0.372 e. The zero-order valence-corrected chi connectivity index (χ0v) is 11.7. The Balaban J connectivity index is 2.34.